The number of hydrogen-bond donors (Lipinski definition) is 3. The highest BCUT2D eigenvalue weighted by atomic mass is 32.9. The average Bonchev–Trinajstić information content (AvgIpc) is 3.24. The number of nitrogens with zero attached hydrogens (tertiary/aromatic N) is 4. The number of rotatable bonds is 10. The van der Waals surface area contributed by atoms with E-state index in [9.17, 15) is 15.3 Å². The monoisotopic (exact) mass is 538 g/mol. The number of phenolic OH excluding ortho intramolecular Hbond substituents is 1. The van der Waals surface area contributed by atoms with Crippen LogP contribution in [0.25, 0.3) is 10.4 Å². The minimum atomic E-state index is 0.201. The van der Waals surface area contributed by atoms with Gasteiger partial charge in [0.2, 0.25) is 0 Å². The van der Waals surface area contributed by atoms with Crippen molar-refractivity contribution in [2.75, 3.05) is 78.7 Å². The fourth-order valence-electron chi connectivity index (χ4n) is 5.04. The van der Waals surface area contributed by atoms with Crippen LogP contribution in [0.3, 0.4) is 0 Å². The third kappa shape index (κ3) is 6.88. The Bertz CT molecular complexity index is 963. The Morgan fingerprint density at radius 1 is 0.771 bits per heavy atom. The first kappa shape index (κ1) is 27.1. The number of aromatic hydroxyl groups is 1. The van der Waals surface area contributed by atoms with Gasteiger partial charge in [0.1, 0.15) is 9.57 Å². The first-order valence-electron chi connectivity index (χ1n) is 12.6. The summed E-state index contributed by atoms with van der Waals surface area (Å²) in [6.07, 6.45) is 0.916. The van der Waals surface area contributed by atoms with Gasteiger partial charge >= 0.3 is 0 Å². The van der Waals surface area contributed by atoms with Gasteiger partial charge in [-0.3, -0.25) is 19.6 Å². The van der Waals surface area contributed by atoms with Crippen molar-refractivity contribution in [3.63, 3.8) is 0 Å². The van der Waals surface area contributed by atoms with Crippen LogP contribution in [0.4, 0.5) is 0 Å². The lowest BCUT2D eigenvalue weighted by atomic mass is 9.99. The lowest BCUT2D eigenvalue weighted by Crippen LogP contribution is -2.47. The first-order valence-corrected chi connectivity index (χ1v) is 15.2. The van der Waals surface area contributed by atoms with Crippen LogP contribution in [-0.4, -0.2) is 114 Å². The molecule has 1 aromatic carbocycles. The molecule has 0 amide bonds. The van der Waals surface area contributed by atoms with Gasteiger partial charge < -0.3 is 15.3 Å². The van der Waals surface area contributed by atoms with Gasteiger partial charge in [-0.15, -0.1) is 0 Å². The summed E-state index contributed by atoms with van der Waals surface area (Å²) < 4.78 is 0.976. The van der Waals surface area contributed by atoms with Crippen molar-refractivity contribution in [3.05, 3.63) is 32.6 Å². The van der Waals surface area contributed by atoms with Crippen LogP contribution in [0.5, 0.6) is 5.75 Å². The average molecular weight is 539 g/mol. The molecular formula is C25H38N4O3S3. The van der Waals surface area contributed by atoms with Gasteiger partial charge in [-0.25, -0.2) is 0 Å². The van der Waals surface area contributed by atoms with Crippen molar-refractivity contribution >= 4 is 32.9 Å². The molecule has 0 spiro atoms. The molecule has 2 saturated heterocycles. The van der Waals surface area contributed by atoms with Crippen molar-refractivity contribution in [2.45, 2.75) is 26.4 Å². The molecule has 0 saturated carbocycles. The van der Waals surface area contributed by atoms with Crippen LogP contribution in [0.1, 0.15) is 23.6 Å². The minimum absolute atomic E-state index is 0.201. The molecular weight excluding hydrogens is 501 g/mol. The van der Waals surface area contributed by atoms with Crippen molar-refractivity contribution in [1.82, 2.24) is 19.6 Å². The van der Waals surface area contributed by atoms with E-state index in [0.717, 1.165) is 99.9 Å². The maximum atomic E-state index is 11.4. The van der Waals surface area contributed by atoms with Gasteiger partial charge in [-0.2, -0.15) is 0 Å². The zero-order valence-corrected chi connectivity index (χ0v) is 23.1. The zero-order valence-electron chi connectivity index (χ0n) is 20.6. The van der Waals surface area contributed by atoms with Gasteiger partial charge in [-0.1, -0.05) is 39.8 Å². The molecule has 3 heterocycles. The number of aliphatic hydroxyl groups is 2. The summed E-state index contributed by atoms with van der Waals surface area (Å²) in [4.78, 5) is 10.6. The van der Waals surface area contributed by atoms with Gasteiger partial charge in [0.25, 0.3) is 0 Å². The summed E-state index contributed by atoms with van der Waals surface area (Å²) in [6.45, 7) is 13.0. The predicted molar refractivity (Wildman–Crippen MR) is 147 cm³/mol. The smallest absolute Gasteiger partial charge is 0.124 e. The summed E-state index contributed by atoms with van der Waals surface area (Å²) >= 11 is 5.61. The largest absolute Gasteiger partial charge is 0.507 e. The van der Waals surface area contributed by atoms with E-state index in [2.05, 4.69) is 38.7 Å². The van der Waals surface area contributed by atoms with Crippen LogP contribution in [0.15, 0.2) is 12.1 Å². The van der Waals surface area contributed by atoms with Gasteiger partial charge in [-0.05, 0) is 29.7 Å². The molecule has 2 fully saturated rings. The Hall–Kier alpha value is -0.950. The van der Waals surface area contributed by atoms with Gasteiger partial charge in [0, 0.05) is 89.7 Å². The van der Waals surface area contributed by atoms with Crippen molar-refractivity contribution in [3.8, 4) is 16.2 Å². The minimum Gasteiger partial charge on any atom is -0.507 e. The molecule has 0 unspecified atom stereocenters. The number of benzene rings is 1. The second-order valence-corrected chi connectivity index (χ2v) is 12.3. The van der Waals surface area contributed by atoms with Crippen LogP contribution in [-0.2, 0) is 19.5 Å². The zero-order chi connectivity index (χ0) is 24.8. The summed E-state index contributed by atoms with van der Waals surface area (Å²) in [5.74, 6) is 0.418. The Morgan fingerprint density at radius 2 is 1.23 bits per heavy atom. The summed E-state index contributed by atoms with van der Waals surface area (Å²) in [5, 5.41) is 29.8. The standard InChI is InChI=1S/C25H38N4O3S3/c1-2-22-24(34-35-25(22)33)19-15-20(17-28-7-3-26(4-8-28)11-13-30)23(32)21(16-19)18-29-9-5-27(6-10-29)12-14-31/h15-16,30-32H,2-14,17-18H2,1H3. The lowest BCUT2D eigenvalue weighted by molar-refractivity contribution is 0.106. The highest BCUT2D eigenvalue weighted by Gasteiger charge is 2.23. The molecule has 0 radical (unpaired) electrons. The Kier molecular flexibility index (Phi) is 10.1. The van der Waals surface area contributed by atoms with E-state index in [1.165, 1.54) is 16.0 Å². The first-order chi connectivity index (χ1) is 17.0. The van der Waals surface area contributed by atoms with Crippen LogP contribution in [0, 0.1) is 3.82 Å². The van der Waals surface area contributed by atoms with Crippen molar-refractivity contribution in [1.29, 1.82) is 0 Å². The second kappa shape index (κ2) is 13.0. The second-order valence-electron chi connectivity index (χ2n) is 9.44. The van der Waals surface area contributed by atoms with E-state index in [4.69, 9.17) is 12.2 Å². The molecule has 35 heavy (non-hydrogen) atoms. The molecule has 194 valence electrons. The van der Waals surface area contributed by atoms with E-state index >= 15 is 0 Å². The Balaban J connectivity index is 1.57. The number of phenols is 1. The third-order valence-corrected chi connectivity index (χ3v) is 10.3. The molecule has 7 nitrogen and oxygen atoms in total. The van der Waals surface area contributed by atoms with Gasteiger partial charge in [0.05, 0.1) is 18.1 Å². The molecule has 3 N–H and O–H groups in total. The summed E-state index contributed by atoms with van der Waals surface area (Å²) in [6, 6.07) is 4.34. The van der Waals surface area contributed by atoms with E-state index in [0.29, 0.717) is 5.75 Å². The van der Waals surface area contributed by atoms with Crippen LogP contribution < -0.4 is 0 Å². The van der Waals surface area contributed by atoms with Crippen LogP contribution >= 0.6 is 32.9 Å². The number of aliphatic hydroxyl groups excluding tert-OH is 2. The number of hydrogen-bond acceptors (Lipinski definition) is 10. The molecule has 0 aliphatic carbocycles. The lowest BCUT2D eigenvalue weighted by Gasteiger charge is -2.35. The Labute approximate surface area is 221 Å². The molecule has 4 rings (SSSR count). The summed E-state index contributed by atoms with van der Waals surface area (Å²) in [7, 11) is 3.42. The van der Waals surface area contributed by atoms with Crippen molar-refractivity contribution in [2.24, 2.45) is 0 Å². The third-order valence-electron chi connectivity index (χ3n) is 7.15. The Morgan fingerprint density at radius 3 is 1.66 bits per heavy atom. The van der Waals surface area contributed by atoms with E-state index in [1.54, 1.807) is 20.7 Å². The maximum Gasteiger partial charge on any atom is 0.124 e. The maximum absolute atomic E-state index is 11.4. The van der Waals surface area contributed by atoms with E-state index in [-0.39, 0.29) is 13.2 Å². The highest BCUT2D eigenvalue weighted by Crippen LogP contribution is 2.39. The fourth-order valence-corrected chi connectivity index (χ4v) is 8.16. The molecule has 0 atom stereocenters. The van der Waals surface area contributed by atoms with E-state index in [1.807, 2.05) is 0 Å². The molecule has 0 bridgehead atoms. The molecule has 2 aliphatic heterocycles. The quantitative estimate of drug-likeness (QED) is 0.315. The fraction of sp³-hybridized carbons (Fsp3) is 0.640. The molecule has 10 heteroatoms. The van der Waals surface area contributed by atoms with Crippen LogP contribution in [0.2, 0.25) is 0 Å². The van der Waals surface area contributed by atoms with Gasteiger partial charge in [0.15, 0.2) is 0 Å². The van der Waals surface area contributed by atoms with Crippen molar-refractivity contribution < 1.29 is 15.3 Å². The SMILES string of the molecule is CCc1c(-c2cc(CN3CCN(CCO)CC3)c(O)c(CN3CCN(CCO)CC3)c2)ssc1=S. The predicted octanol–water partition coefficient (Wildman–Crippen LogP) is 2.69. The normalized spacial score (nSPS) is 18.9. The van der Waals surface area contributed by atoms with E-state index < -0.39 is 0 Å². The number of piperazine rings is 2. The molecule has 1 aromatic heterocycles. The highest BCUT2D eigenvalue weighted by molar-refractivity contribution is 7.80. The summed E-state index contributed by atoms with van der Waals surface area (Å²) in [5.41, 5.74) is 4.38. The molecule has 2 aliphatic rings. The molecule has 2 aromatic rings. The number of β-amino-alcohol motifs (C(OH)–C–C–N with tert-alkyl or cyclic N) is 2. The topological polar surface area (TPSA) is 73.7 Å².